The highest BCUT2D eigenvalue weighted by Gasteiger charge is 2.10. The molecule has 0 aliphatic rings. The molecule has 0 aliphatic heterocycles. The Morgan fingerprint density at radius 1 is 1.75 bits per heavy atom. The Bertz CT molecular complexity index is 429. The summed E-state index contributed by atoms with van der Waals surface area (Å²) in [6.07, 6.45) is 2.29. The molecule has 0 unspecified atom stereocenters. The molecule has 0 bridgehead atoms. The summed E-state index contributed by atoms with van der Waals surface area (Å²) in [6, 6.07) is 0. The average Bonchev–Trinajstić information content (AvgIpc) is 2.63. The van der Waals surface area contributed by atoms with Gasteiger partial charge in [-0.15, -0.1) is 0 Å². The number of nitrogens with zero attached hydrogens (tertiary/aromatic N) is 3. The molecule has 0 saturated heterocycles. The first kappa shape index (κ1) is 12.4. The van der Waals surface area contributed by atoms with Gasteiger partial charge >= 0.3 is 5.69 Å². The number of hydrogen-bond acceptors (Lipinski definition) is 4. The van der Waals surface area contributed by atoms with Crippen molar-refractivity contribution >= 4 is 27.5 Å². The van der Waals surface area contributed by atoms with Crippen LogP contribution in [0.1, 0.15) is 0 Å². The molecule has 1 rings (SSSR count). The number of rotatable bonds is 5. The van der Waals surface area contributed by atoms with Crippen molar-refractivity contribution in [2.24, 2.45) is 0 Å². The maximum absolute atomic E-state index is 11.3. The van der Waals surface area contributed by atoms with Crippen molar-refractivity contribution in [1.29, 1.82) is 0 Å². The van der Waals surface area contributed by atoms with Crippen LogP contribution in [-0.4, -0.2) is 27.2 Å². The Labute approximate surface area is 99.4 Å². The second-order valence-corrected chi connectivity index (χ2v) is 4.07. The van der Waals surface area contributed by atoms with E-state index in [1.54, 1.807) is 0 Å². The van der Waals surface area contributed by atoms with Gasteiger partial charge in [-0.2, -0.15) is 5.10 Å². The smallest absolute Gasteiger partial charge is 0.307 e. The molecule has 0 radical (unpaired) electrons. The molecule has 0 atom stereocenters. The summed E-state index contributed by atoms with van der Waals surface area (Å²) in [6.45, 7) is 3.80. The summed E-state index contributed by atoms with van der Waals surface area (Å²) in [5.41, 5.74) is -0.141. The van der Waals surface area contributed by atoms with Crippen molar-refractivity contribution < 1.29 is 9.72 Å². The van der Waals surface area contributed by atoms with Gasteiger partial charge in [0.15, 0.2) is 0 Å². The van der Waals surface area contributed by atoms with E-state index in [9.17, 15) is 14.9 Å². The van der Waals surface area contributed by atoms with E-state index in [4.69, 9.17) is 0 Å². The number of nitrogens with one attached hydrogen (secondary N) is 1. The molecule has 1 amide bonds. The molecule has 1 aromatic rings. The van der Waals surface area contributed by atoms with Crippen molar-refractivity contribution in [3.8, 4) is 0 Å². The fraction of sp³-hybridized carbons (Fsp3) is 0.250. The van der Waals surface area contributed by atoms with Crippen LogP contribution in [0.3, 0.4) is 0 Å². The molecule has 0 saturated carbocycles. The van der Waals surface area contributed by atoms with E-state index in [0.717, 1.165) is 6.20 Å². The molecule has 1 heterocycles. The molecule has 16 heavy (non-hydrogen) atoms. The lowest BCUT2D eigenvalue weighted by Gasteiger charge is -2.03. The standard InChI is InChI=1S/C8H9BrN4O3/c1-6(9)2-10-8(14)5-12-4-7(3-11-12)13(15)16/h3-4H,1-2,5H2,(H,10,14). The van der Waals surface area contributed by atoms with Gasteiger partial charge in [0.05, 0.1) is 4.92 Å². The van der Waals surface area contributed by atoms with E-state index in [2.05, 4.69) is 32.9 Å². The normalized spacial score (nSPS) is 9.81. The van der Waals surface area contributed by atoms with Crippen LogP contribution in [0.25, 0.3) is 0 Å². The predicted octanol–water partition coefficient (Wildman–Crippen LogP) is 0.816. The van der Waals surface area contributed by atoms with Gasteiger partial charge in [0, 0.05) is 11.0 Å². The van der Waals surface area contributed by atoms with Crippen molar-refractivity contribution in [2.75, 3.05) is 6.54 Å². The minimum Gasteiger partial charge on any atom is -0.350 e. The van der Waals surface area contributed by atoms with Gasteiger partial charge in [-0.1, -0.05) is 22.5 Å². The fourth-order valence-corrected chi connectivity index (χ4v) is 1.07. The zero-order chi connectivity index (χ0) is 12.1. The summed E-state index contributed by atoms with van der Waals surface area (Å²) in [5.74, 6) is -0.293. The molecule has 0 aromatic carbocycles. The topological polar surface area (TPSA) is 90.1 Å². The van der Waals surface area contributed by atoms with E-state index < -0.39 is 4.92 Å². The summed E-state index contributed by atoms with van der Waals surface area (Å²) < 4.78 is 1.84. The summed E-state index contributed by atoms with van der Waals surface area (Å²) >= 11 is 3.09. The first-order valence-corrected chi connectivity index (χ1v) is 5.05. The van der Waals surface area contributed by atoms with E-state index in [0.29, 0.717) is 11.0 Å². The van der Waals surface area contributed by atoms with Crippen molar-refractivity contribution in [2.45, 2.75) is 6.54 Å². The fourth-order valence-electron chi connectivity index (χ4n) is 0.931. The van der Waals surface area contributed by atoms with Gasteiger partial charge in [0.25, 0.3) is 0 Å². The first-order chi connectivity index (χ1) is 7.49. The highest BCUT2D eigenvalue weighted by atomic mass is 79.9. The number of nitro groups is 1. The lowest BCUT2D eigenvalue weighted by atomic mass is 10.5. The lowest BCUT2D eigenvalue weighted by Crippen LogP contribution is -2.28. The second kappa shape index (κ2) is 5.40. The maximum atomic E-state index is 11.3. The minimum absolute atomic E-state index is 0.0614. The third-order valence-corrected chi connectivity index (χ3v) is 1.89. The molecular formula is C8H9BrN4O3. The third kappa shape index (κ3) is 3.81. The Balaban J connectivity index is 2.49. The van der Waals surface area contributed by atoms with Crippen LogP contribution in [0.5, 0.6) is 0 Å². The van der Waals surface area contributed by atoms with Crippen LogP contribution < -0.4 is 5.32 Å². The number of amides is 1. The SMILES string of the molecule is C=C(Br)CNC(=O)Cn1cc([N+](=O)[O-])cn1. The Hall–Kier alpha value is -1.70. The summed E-state index contributed by atoms with van der Waals surface area (Å²) in [4.78, 5) is 21.1. The van der Waals surface area contributed by atoms with E-state index in [1.807, 2.05) is 0 Å². The second-order valence-electron chi connectivity index (χ2n) is 2.95. The van der Waals surface area contributed by atoms with E-state index in [-0.39, 0.29) is 18.1 Å². The Morgan fingerprint density at radius 2 is 2.44 bits per heavy atom. The quantitative estimate of drug-likeness (QED) is 0.641. The Morgan fingerprint density at radius 3 is 2.94 bits per heavy atom. The molecule has 1 aromatic heterocycles. The van der Waals surface area contributed by atoms with Crippen molar-refractivity contribution in [3.05, 3.63) is 33.6 Å². The van der Waals surface area contributed by atoms with E-state index >= 15 is 0 Å². The van der Waals surface area contributed by atoms with Gasteiger partial charge < -0.3 is 5.32 Å². The lowest BCUT2D eigenvalue weighted by molar-refractivity contribution is -0.385. The van der Waals surface area contributed by atoms with Crippen LogP contribution >= 0.6 is 15.9 Å². The van der Waals surface area contributed by atoms with Crippen molar-refractivity contribution in [3.63, 3.8) is 0 Å². The molecule has 8 heteroatoms. The van der Waals surface area contributed by atoms with Gasteiger partial charge in [-0.3, -0.25) is 19.6 Å². The van der Waals surface area contributed by atoms with Gasteiger partial charge in [0.2, 0.25) is 5.91 Å². The van der Waals surface area contributed by atoms with E-state index in [1.165, 1.54) is 10.9 Å². The first-order valence-electron chi connectivity index (χ1n) is 4.26. The molecule has 1 N–H and O–H groups in total. The van der Waals surface area contributed by atoms with Crippen LogP contribution in [0.15, 0.2) is 23.5 Å². The third-order valence-electron chi connectivity index (χ3n) is 1.61. The summed E-state index contributed by atoms with van der Waals surface area (Å²) in [7, 11) is 0. The van der Waals surface area contributed by atoms with Crippen LogP contribution in [-0.2, 0) is 11.3 Å². The molecular weight excluding hydrogens is 280 g/mol. The monoisotopic (exact) mass is 288 g/mol. The molecule has 0 aliphatic carbocycles. The van der Waals surface area contributed by atoms with Gasteiger partial charge in [-0.25, -0.2) is 0 Å². The number of carbonyl (C=O) groups excluding carboxylic acids is 1. The van der Waals surface area contributed by atoms with Crippen LogP contribution in [0.2, 0.25) is 0 Å². The largest absolute Gasteiger partial charge is 0.350 e. The summed E-state index contributed by atoms with van der Waals surface area (Å²) in [5, 5.41) is 16.6. The van der Waals surface area contributed by atoms with Gasteiger partial charge in [0.1, 0.15) is 18.9 Å². The zero-order valence-electron chi connectivity index (χ0n) is 8.22. The number of aromatic nitrogens is 2. The highest BCUT2D eigenvalue weighted by Crippen LogP contribution is 2.07. The minimum atomic E-state index is -0.568. The number of hydrogen-bond donors (Lipinski definition) is 1. The molecule has 0 fully saturated rings. The Kier molecular flexibility index (Phi) is 4.18. The predicted molar refractivity (Wildman–Crippen MR) is 60.0 cm³/mol. The highest BCUT2D eigenvalue weighted by molar-refractivity contribution is 9.11. The molecule has 7 nitrogen and oxygen atoms in total. The van der Waals surface area contributed by atoms with Gasteiger partial charge in [-0.05, 0) is 0 Å². The molecule has 0 spiro atoms. The maximum Gasteiger partial charge on any atom is 0.307 e. The average molecular weight is 289 g/mol. The zero-order valence-corrected chi connectivity index (χ0v) is 9.81. The van der Waals surface area contributed by atoms with Crippen LogP contribution in [0, 0.1) is 10.1 Å². The molecule has 86 valence electrons. The number of halogens is 1. The number of carbonyl (C=O) groups is 1. The van der Waals surface area contributed by atoms with Crippen LogP contribution in [0.4, 0.5) is 5.69 Å². The van der Waals surface area contributed by atoms with Crippen molar-refractivity contribution in [1.82, 2.24) is 15.1 Å².